The Labute approximate surface area is 485 Å². The molecule has 0 radical (unpaired) electrons. The summed E-state index contributed by atoms with van der Waals surface area (Å²) in [7, 11) is 0. The number of hydrogen-bond acceptors (Lipinski definition) is 1. The number of hydrogen-bond donors (Lipinski definition) is 0. The molecule has 0 aliphatic carbocycles. The lowest BCUT2D eigenvalue weighted by atomic mass is 9.84. The largest absolute Gasteiger partial charge is 0.310 e. The molecule has 2 heteroatoms. The maximum absolute atomic E-state index is 2.56. The van der Waals surface area contributed by atoms with Crippen molar-refractivity contribution >= 4 is 71.2 Å². The van der Waals surface area contributed by atoms with Gasteiger partial charge in [0.1, 0.15) is 0 Å². The van der Waals surface area contributed by atoms with E-state index >= 15 is 0 Å². The van der Waals surface area contributed by atoms with Crippen LogP contribution in [0.15, 0.2) is 231 Å². The maximum atomic E-state index is 2.56. The third kappa shape index (κ3) is 9.42. The first kappa shape index (κ1) is 52.6. The minimum absolute atomic E-state index is 0.0777. The molecule has 2 nitrogen and oxygen atoms in total. The zero-order valence-corrected chi connectivity index (χ0v) is 49.8. The summed E-state index contributed by atoms with van der Waals surface area (Å²) in [5, 5.41) is 9.92. The number of benzene rings is 12. The van der Waals surface area contributed by atoms with E-state index in [9.17, 15) is 0 Å². The number of anilines is 3. The van der Waals surface area contributed by atoms with Gasteiger partial charge >= 0.3 is 0 Å². The maximum Gasteiger partial charge on any atom is 0.0541 e. The Balaban J connectivity index is 1.06. The molecular formula is C80H74N2. The summed E-state index contributed by atoms with van der Waals surface area (Å²) < 4.78 is 2.54. The number of rotatable bonds is 8. The van der Waals surface area contributed by atoms with Crippen LogP contribution in [0.4, 0.5) is 17.1 Å². The molecule has 0 N–H and O–H groups in total. The van der Waals surface area contributed by atoms with Crippen LogP contribution in [0.5, 0.6) is 0 Å². The SMILES string of the molecule is CC(C)(C)c1ccc(-c2ccc3c(c2)c2cc(-c4ccc(C(C)(C)C)cc4)ccc2n3-c2ccc3ccc4c(N(c5cc(-c6ccccc6)cc(C(C)(C)C)c5)c5cc(-c6ccccc6)cc(C(C)(C)C)c5)ccc5ccc2c3c54)cc1. The lowest BCUT2D eigenvalue weighted by Crippen LogP contribution is -2.17. The van der Waals surface area contributed by atoms with Gasteiger partial charge in [0.05, 0.1) is 22.4 Å². The fraction of sp³-hybridized carbons (Fsp3) is 0.200. The molecule has 0 saturated carbocycles. The van der Waals surface area contributed by atoms with E-state index in [1.54, 1.807) is 0 Å². The van der Waals surface area contributed by atoms with Gasteiger partial charge in [-0.05, 0) is 171 Å². The summed E-state index contributed by atoms with van der Waals surface area (Å²) in [5.41, 5.74) is 21.8. The molecule has 13 rings (SSSR count). The molecule has 0 unspecified atom stereocenters. The monoisotopic (exact) mass is 1060 g/mol. The van der Waals surface area contributed by atoms with Crippen molar-refractivity contribution < 1.29 is 0 Å². The van der Waals surface area contributed by atoms with Gasteiger partial charge in [0.25, 0.3) is 0 Å². The summed E-state index contributed by atoms with van der Waals surface area (Å²) in [5.74, 6) is 0. The van der Waals surface area contributed by atoms with Crippen LogP contribution in [0.3, 0.4) is 0 Å². The molecule has 0 aliphatic heterocycles. The highest BCUT2D eigenvalue weighted by Crippen LogP contribution is 2.49. The van der Waals surface area contributed by atoms with Crippen LogP contribution in [0.2, 0.25) is 0 Å². The quantitative estimate of drug-likeness (QED) is 0.138. The summed E-state index contributed by atoms with van der Waals surface area (Å²) in [6.45, 7) is 27.7. The Hall–Kier alpha value is -8.72. The summed E-state index contributed by atoms with van der Waals surface area (Å²) >= 11 is 0. The van der Waals surface area contributed by atoms with Gasteiger partial charge in [0.15, 0.2) is 0 Å². The highest BCUT2D eigenvalue weighted by molar-refractivity contribution is 6.27. The number of nitrogens with zero attached hydrogens (tertiary/aromatic N) is 2. The van der Waals surface area contributed by atoms with E-state index in [4.69, 9.17) is 0 Å². The summed E-state index contributed by atoms with van der Waals surface area (Å²) in [4.78, 5) is 2.56. The van der Waals surface area contributed by atoms with E-state index in [2.05, 4.69) is 323 Å². The van der Waals surface area contributed by atoms with Gasteiger partial charge in [0, 0.05) is 32.9 Å². The molecule has 12 aromatic carbocycles. The Kier molecular flexibility index (Phi) is 12.5. The molecule has 0 saturated heterocycles. The van der Waals surface area contributed by atoms with Crippen molar-refractivity contribution in [3.05, 3.63) is 253 Å². The second-order valence-electron chi connectivity index (χ2n) is 27.2. The Bertz CT molecular complexity index is 4330. The van der Waals surface area contributed by atoms with Crippen molar-refractivity contribution in [2.45, 2.75) is 105 Å². The van der Waals surface area contributed by atoms with Crippen molar-refractivity contribution in [1.82, 2.24) is 4.57 Å². The second-order valence-corrected chi connectivity index (χ2v) is 27.2. The lowest BCUT2D eigenvalue weighted by Gasteiger charge is -2.32. The Morgan fingerprint density at radius 3 is 1.09 bits per heavy atom. The Morgan fingerprint density at radius 2 is 0.646 bits per heavy atom. The molecule has 404 valence electrons. The van der Waals surface area contributed by atoms with Crippen LogP contribution >= 0.6 is 0 Å². The van der Waals surface area contributed by atoms with Gasteiger partial charge in [-0.3, -0.25) is 0 Å². The average molecular weight is 1060 g/mol. The first-order valence-corrected chi connectivity index (χ1v) is 29.4. The molecule has 0 fully saturated rings. The smallest absolute Gasteiger partial charge is 0.0541 e. The van der Waals surface area contributed by atoms with Crippen LogP contribution in [-0.4, -0.2) is 4.57 Å². The van der Waals surface area contributed by atoms with Crippen LogP contribution in [0, 0.1) is 0 Å². The van der Waals surface area contributed by atoms with Crippen molar-refractivity contribution in [3.8, 4) is 50.2 Å². The van der Waals surface area contributed by atoms with Gasteiger partial charge in [-0.25, -0.2) is 0 Å². The average Bonchev–Trinajstić information content (AvgIpc) is 2.13. The van der Waals surface area contributed by atoms with E-state index in [0.29, 0.717) is 0 Å². The fourth-order valence-corrected chi connectivity index (χ4v) is 12.5. The van der Waals surface area contributed by atoms with Crippen molar-refractivity contribution in [1.29, 1.82) is 0 Å². The first-order valence-electron chi connectivity index (χ1n) is 29.4. The van der Waals surface area contributed by atoms with Gasteiger partial charge in [-0.2, -0.15) is 0 Å². The molecule has 0 spiro atoms. The lowest BCUT2D eigenvalue weighted by molar-refractivity contribution is 0.590. The van der Waals surface area contributed by atoms with Crippen molar-refractivity contribution in [2.75, 3.05) is 4.90 Å². The molecule has 0 aliphatic rings. The predicted molar refractivity (Wildman–Crippen MR) is 356 cm³/mol. The Morgan fingerprint density at radius 1 is 0.268 bits per heavy atom. The second kappa shape index (κ2) is 19.5. The third-order valence-corrected chi connectivity index (χ3v) is 17.3. The van der Waals surface area contributed by atoms with Gasteiger partial charge < -0.3 is 9.47 Å². The number of aromatic nitrogens is 1. The van der Waals surface area contributed by atoms with E-state index in [1.807, 2.05) is 0 Å². The molecule has 0 bridgehead atoms. The van der Waals surface area contributed by atoms with E-state index in [1.165, 1.54) is 127 Å². The van der Waals surface area contributed by atoms with Gasteiger partial charge in [-0.1, -0.05) is 253 Å². The standard InChI is InChI=1S/C80H74N2/c1-77(2,3)61-33-23-53(24-34-61)57-31-41-73-69(47-57)70-48-58(54-25-35-62(36-26-54)78(4,5)6)32-42-74(70)82(73)72-40-30-56-27-37-67-71(39-29-55-28-38-68(72)76(56)75(55)67)81(65-45-59(51-19-15-13-16-20-51)43-63(49-65)79(7,8)9)66-46-60(52-21-17-14-18-22-52)44-64(50-66)80(10,11)12/h13-50H,1-12H3. The highest BCUT2D eigenvalue weighted by Gasteiger charge is 2.27. The van der Waals surface area contributed by atoms with Crippen molar-refractivity contribution in [2.24, 2.45) is 0 Å². The van der Waals surface area contributed by atoms with Crippen LogP contribution in [0.1, 0.15) is 105 Å². The first-order chi connectivity index (χ1) is 39.2. The van der Waals surface area contributed by atoms with Crippen LogP contribution in [0.25, 0.3) is 104 Å². The van der Waals surface area contributed by atoms with E-state index < -0.39 is 0 Å². The fourth-order valence-electron chi connectivity index (χ4n) is 12.5. The molecule has 1 aromatic heterocycles. The summed E-state index contributed by atoms with van der Waals surface area (Å²) in [6, 6.07) is 87.8. The normalized spacial score (nSPS) is 12.6. The highest BCUT2D eigenvalue weighted by atomic mass is 15.1. The molecule has 0 amide bonds. The van der Waals surface area contributed by atoms with Gasteiger partial charge in [-0.15, -0.1) is 0 Å². The predicted octanol–water partition coefficient (Wildman–Crippen LogP) is 23.0. The van der Waals surface area contributed by atoms with Crippen LogP contribution in [-0.2, 0) is 21.7 Å². The van der Waals surface area contributed by atoms with Crippen LogP contribution < -0.4 is 4.90 Å². The zero-order valence-electron chi connectivity index (χ0n) is 49.8. The van der Waals surface area contributed by atoms with Gasteiger partial charge in [0.2, 0.25) is 0 Å². The molecule has 0 atom stereocenters. The number of fused-ring (bicyclic) bond motifs is 3. The van der Waals surface area contributed by atoms with Crippen molar-refractivity contribution in [3.63, 3.8) is 0 Å². The van der Waals surface area contributed by atoms with E-state index in [-0.39, 0.29) is 21.7 Å². The molecular weight excluding hydrogens is 989 g/mol. The minimum Gasteiger partial charge on any atom is -0.310 e. The third-order valence-electron chi connectivity index (χ3n) is 17.3. The zero-order chi connectivity index (χ0) is 57.0. The van der Waals surface area contributed by atoms with E-state index in [0.717, 1.165) is 17.1 Å². The molecule has 13 aromatic rings. The molecule has 82 heavy (non-hydrogen) atoms. The topological polar surface area (TPSA) is 8.17 Å². The minimum atomic E-state index is -0.113. The molecule has 1 heterocycles. The summed E-state index contributed by atoms with van der Waals surface area (Å²) in [6.07, 6.45) is 0.